The number of nitrogens with one attached hydrogen (secondary N) is 1. The van der Waals surface area contributed by atoms with E-state index in [2.05, 4.69) is 5.32 Å². The van der Waals surface area contributed by atoms with Gasteiger partial charge >= 0.3 is 0 Å². The fourth-order valence-electron chi connectivity index (χ4n) is 1.45. The van der Waals surface area contributed by atoms with Gasteiger partial charge in [0.1, 0.15) is 0 Å². The van der Waals surface area contributed by atoms with Crippen molar-refractivity contribution in [2.24, 2.45) is 0 Å². The van der Waals surface area contributed by atoms with Gasteiger partial charge in [-0.05, 0) is 31.0 Å². The van der Waals surface area contributed by atoms with Crippen molar-refractivity contribution in [3.05, 3.63) is 28.8 Å². The third-order valence-electron chi connectivity index (χ3n) is 2.65. The highest BCUT2D eigenvalue weighted by molar-refractivity contribution is 6.33. The Balaban J connectivity index is 2.19. The topological polar surface area (TPSA) is 56.0 Å². The Morgan fingerprint density at radius 2 is 2.27 bits per heavy atom. The van der Waals surface area contributed by atoms with Crippen LogP contribution in [0.1, 0.15) is 18.4 Å². The average molecular weight is 223 g/mol. The molecule has 1 saturated carbocycles. The van der Waals surface area contributed by atoms with Crippen LogP contribution in [0.3, 0.4) is 0 Å². The van der Waals surface area contributed by atoms with Crippen molar-refractivity contribution < 1.29 is 5.11 Å². The Kier molecular flexibility index (Phi) is 2.56. The zero-order valence-corrected chi connectivity index (χ0v) is 8.88. The van der Waals surface area contributed by atoms with E-state index in [-0.39, 0.29) is 12.1 Å². The number of aliphatic hydroxyl groups is 1. The molecule has 0 aliphatic heterocycles. The molecule has 0 amide bonds. The highest BCUT2D eigenvalue weighted by Gasteiger charge is 2.42. The Bertz CT molecular complexity index is 421. The van der Waals surface area contributed by atoms with E-state index in [1.54, 1.807) is 18.2 Å². The van der Waals surface area contributed by atoms with E-state index in [1.165, 1.54) is 0 Å². The van der Waals surface area contributed by atoms with Crippen LogP contribution in [0, 0.1) is 11.3 Å². The van der Waals surface area contributed by atoms with Gasteiger partial charge < -0.3 is 10.4 Å². The summed E-state index contributed by atoms with van der Waals surface area (Å²) < 4.78 is 0. The van der Waals surface area contributed by atoms with Gasteiger partial charge in [-0.1, -0.05) is 11.6 Å². The molecule has 15 heavy (non-hydrogen) atoms. The number of benzene rings is 1. The number of rotatable bonds is 3. The standard InChI is InChI=1S/C11H11ClN2O/c12-9-5-8(6-13)1-2-10(9)14-11(7-15)3-4-11/h1-2,5,14-15H,3-4,7H2. The van der Waals surface area contributed by atoms with Gasteiger partial charge in [-0.15, -0.1) is 0 Å². The summed E-state index contributed by atoms with van der Waals surface area (Å²) in [5, 5.41) is 21.6. The molecule has 0 aromatic heterocycles. The lowest BCUT2D eigenvalue weighted by Crippen LogP contribution is -2.25. The summed E-state index contributed by atoms with van der Waals surface area (Å²) in [6, 6.07) is 7.13. The number of halogens is 1. The third kappa shape index (κ3) is 2.06. The van der Waals surface area contributed by atoms with Crippen LogP contribution >= 0.6 is 11.6 Å². The maximum atomic E-state index is 9.15. The van der Waals surface area contributed by atoms with Gasteiger partial charge in [0.2, 0.25) is 0 Å². The lowest BCUT2D eigenvalue weighted by molar-refractivity contribution is 0.266. The van der Waals surface area contributed by atoms with Crippen molar-refractivity contribution in [2.45, 2.75) is 18.4 Å². The van der Waals surface area contributed by atoms with Crippen molar-refractivity contribution >= 4 is 17.3 Å². The first-order valence-corrected chi connectivity index (χ1v) is 5.16. The molecule has 4 heteroatoms. The van der Waals surface area contributed by atoms with Gasteiger partial charge in [-0.25, -0.2) is 0 Å². The van der Waals surface area contributed by atoms with Crippen LogP contribution in [0.15, 0.2) is 18.2 Å². The summed E-state index contributed by atoms with van der Waals surface area (Å²) in [6.07, 6.45) is 1.92. The Morgan fingerprint density at radius 3 is 2.73 bits per heavy atom. The molecule has 1 aromatic carbocycles. The molecule has 2 N–H and O–H groups in total. The predicted molar refractivity (Wildman–Crippen MR) is 58.8 cm³/mol. The predicted octanol–water partition coefficient (Wildman–Crippen LogP) is 2.15. The number of nitrogens with zero attached hydrogens (tertiary/aromatic N) is 1. The highest BCUT2D eigenvalue weighted by Crippen LogP contribution is 2.40. The molecule has 0 radical (unpaired) electrons. The third-order valence-corrected chi connectivity index (χ3v) is 2.97. The largest absolute Gasteiger partial charge is 0.394 e. The average Bonchev–Trinajstić information content (AvgIpc) is 3.02. The molecular weight excluding hydrogens is 212 g/mol. The number of hydrogen-bond donors (Lipinski definition) is 2. The Hall–Kier alpha value is -1.24. The molecule has 1 aliphatic rings. The van der Waals surface area contributed by atoms with Gasteiger partial charge in [0.15, 0.2) is 0 Å². The molecule has 0 saturated heterocycles. The summed E-state index contributed by atoms with van der Waals surface area (Å²) in [6.45, 7) is 0.114. The lowest BCUT2D eigenvalue weighted by atomic mass is 10.2. The number of hydrogen-bond acceptors (Lipinski definition) is 3. The van der Waals surface area contributed by atoms with E-state index in [9.17, 15) is 0 Å². The van der Waals surface area contributed by atoms with Gasteiger partial charge in [-0.3, -0.25) is 0 Å². The molecule has 3 nitrogen and oxygen atoms in total. The Morgan fingerprint density at radius 1 is 1.53 bits per heavy atom. The molecule has 0 heterocycles. The smallest absolute Gasteiger partial charge is 0.0992 e. The van der Waals surface area contributed by atoms with Crippen LogP contribution in [0.2, 0.25) is 5.02 Å². The summed E-state index contributed by atoms with van der Waals surface area (Å²) in [4.78, 5) is 0. The maximum Gasteiger partial charge on any atom is 0.0992 e. The first-order chi connectivity index (χ1) is 7.19. The Labute approximate surface area is 93.3 Å². The fourth-order valence-corrected chi connectivity index (χ4v) is 1.67. The molecule has 0 unspecified atom stereocenters. The fraction of sp³-hybridized carbons (Fsp3) is 0.364. The van der Waals surface area contributed by atoms with E-state index < -0.39 is 0 Å². The van der Waals surface area contributed by atoms with Gasteiger partial charge in [-0.2, -0.15) is 5.26 Å². The van der Waals surface area contributed by atoms with E-state index in [0.717, 1.165) is 18.5 Å². The molecule has 1 aliphatic carbocycles. The van der Waals surface area contributed by atoms with Crippen LogP contribution in [0.4, 0.5) is 5.69 Å². The molecule has 1 aromatic rings. The van der Waals surface area contributed by atoms with Crippen LogP contribution in [0.25, 0.3) is 0 Å². The second kappa shape index (κ2) is 3.73. The van der Waals surface area contributed by atoms with Crippen molar-refractivity contribution in [1.82, 2.24) is 0 Å². The SMILES string of the molecule is N#Cc1ccc(NC2(CO)CC2)c(Cl)c1. The highest BCUT2D eigenvalue weighted by atomic mass is 35.5. The first-order valence-electron chi connectivity index (χ1n) is 4.78. The zero-order chi connectivity index (χ0) is 10.9. The summed E-state index contributed by atoms with van der Waals surface area (Å²) in [5.41, 5.74) is 1.14. The van der Waals surface area contributed by atoms with Gasteiger partial charge in [0.25, 0.3) is 0 Å². The summed E-state index contributed by atoms with van der Waals surface area (Å²) in [7, 11) is 0. The normalized spacial score (nSPS) is 16.9. The van der Waals surface area contributed by atoms with E-state index in [0.29, 0.717) is 10.6 Å². The van der Waals surface area contributed by atoms with E-state index in [1.807, 2.05) is 6.07 Å². The van der Waals surface area contributed by atoms with Crippen molar-refractivity contribution in [3.63, 3.8) is 0 Å². The van der Waals surface area contributed by atoms with Crippen LogP contribution < -0.4 is 5.32 Å². The van der Waals surface area contributed by atoms with E-state index >= 15 is 0 Å². The molecular formula is C11H11ClN2O. The molecule has 0 bridgehead atoms. The summed E-state index contributed by atoms with van der Waals surface area (Å²) in [5.74, 6) is 0. The van der Waals surface area contributed by atoms with Crippen molar-refractivity contribution in [3.8, 4) is 6.07 Å². The van der Waals surface area contributed by atoms with Crippen molar-refractivity contribution in [2.75, 3.05) is 11.9 Å². The lowest BCUT2D eigenvalue weighted by Gasteiger charge is -2.16. The van der Waals surface area contributed by atoms with Gasteiger partial charge in [0.05, 0.1) is 34.5 Å². The minimum atomic E-state index is -0.183. The van der Waals surface area contributed by atoms with E-state index in [4.69, 9.17) is 22.0 Å². The second-order valence-electron chi connectivity index (χ2n) is 3.87. The molecule has 0 spiro atoms. The quantitative estimate of drug-likeness (QED) is 0.824. The van der Waals surface area contributed by atoms with Crippen LogP contribution in [-0.2, 0) is 0 Å². The molecule has 1 fully saturated rings. The number of aliphatic hydroxyl groups excluding tert-OH is 1. The second-order valence-corrected chi connectivity index (χ2v) is 4.28. The molecule has 2 rings (SSSR count). The maximum absolute atomic E-state index is 9.15. The molecule has 0 atom stereocenters. The minimum Gasteiger partial charge on any atom is -0.394 e. The first kappa shape index (κ1) is 10.3. The minimum absolute atomic E-state index is 0.114. The van der Waals surface area contributed by atoms with Crippen LogP contribution in [-0.4, -0.2) is 17.3 Å². The van der Waals surface area contributed by atoms with Crippen molar-refractivity contribution in [1.29, 1.82) is 5.26 Å². The zero-order valence-electron chi connectivity index (χ0n) is 8.13. The number of nitriles is 1. The van der Waals surface area contributed by atoms with Gasteiger partial charge in [0, 0.05) is 0 Å². The molecule has 78 valence electrons. The number of anilines is 1. The summed E-state index contributed by atoms with van der Waals surface area (Å²) >= 11 is 6.00. The monoisotopic (exact) mass is 222 g/mol. The van der Waals surface area contributed by atoms with Crippen LogP contribution in [0.5, 0.6) is 0 Å².